The molecule has 3 heterocycles. The molecule has 10 nitrogen and oxygen atoms in total. The second-order valence-electron chi connectivity index (χ2n) is 8.56. The van der Waals surface area contributed by atoms with Crippen LogP contribution < -0.4 is 15.5 Å². The van der Waals surface area contributed by atoms with Crippen LogP contribution in [0.15, 0.2) is 79.3 Å². The fourth-order valence-corrected chi connectivity index (χ4v) is 4.11. The molecule has 2 amide bonds. The first-order chi connectivity index (χ1) is 18.0. The van der Waals surface area contributed by atoms with Crippen LogP contribution in [0.4, 0.5) is 23.3 Å². The molecular weight excluding hydrogens is 468 g/mol. The summed E-state index contributed by atoms with van der Waals surface area (Å²) in [5.74, 6) is 0.966. The minimum absolute atomic E-state index is 0.0220. The van der Waals surface area contributed by atoms with E-state index < -0.39 is 0 Å². The lowest BCUT2D eigenvalue weighted by Gasteiger charge is -2.34. The van der Waals surface area contributed by atoms with Gasteiger partial charge in [-0.05, 0) is 42.5 Å². The molecule has 10 heteroatoms. The van der Waals surface area contributed by atoms with E-state index in [4.69, 9.17) is 0 Å². The molecule has 37 heavy (non-hydrogen) atoms. The Kier molecular flexibility index (Phi) is 6.98. The average Bonchev–Trinajstić information content (AvgIpc) is 2.94. The minimum atomic E-state index is -0.119. The Morgan fingerprint density at radius 3 is 2.30 bits per heavy atom. The van der Waals surface area contributed by atoms with Gasteiger partial charge in [0.25, 0.3) is 5.91 Å². The van der Waals surface area contributed by atoms with Gasteiger partial charge in [-0.1, -0.05) is 18.2 Å². The van der Waals surface area contributed by atoms with Crippen molar-refractivity contribution in [1.29, 1.82) is 0 Å². The number of hydrogen-bond acceptors (Lipinski definition) is 8. The largest absolute Gasteiger partial charge is 0.337 e. The molecule has 0 unspecified atom stereocenters. The molecule has 0 atom stereocenters. The van der Waals surface area contributed by atoms with E-state index in [1.54, 1.807) is 24.7 Å². The number of hydrogen-bond donors (Lipinski definition) is 2. The van der Waals surface area contributed by atoms with Gasteiger partial charge in [0.1, 0.15) is 0 Å². The molecule has 1 fully saturated rings. The van der Waals surface area contributed by atoms with Crippen LogP contribution >= 0.6 is 0 Å². The molecule has 0 radical (unpaired) electrons. The lowest BCUT2D eigenvalue weighted by Crippen LogP contribution is -2.49. The number of carbonyl (C=O) groups is 2. The van der Waals surface area contributed by atoms with Gasteiger partial charge < -0.3 is 20.4 Å². The smallest absolute Gasteiger partial charge is 0.254 e. The SMILES string of the molecule is CC(=O)Nc1ccc(-c2ccnc(Nc3cccc(C(=O)N4CCN(c5ncccn5)CC4)c3)n2)cc1. The quantitative estimate of drug-likeness (QED) is 0.418. The molecule has 186 valence electrons. The molecule has 5 rings (SSSR count). The maximum Gasteiger partial charge on any atom is 0.254 e. The maximum atomic E-state index is 13.2. The van der Waals surface area contributed by atoms with Crippen LogP contribution in [0.2, 0.25) is 0 Å². The van der Waals surface area contributed by atoms with Gasteiger partial charge in [-0.25, -0.2) is 19.9 Å². The van der Waals surface area contributed by atoms with Crippen LogP contribution in [0.3, 0.4) is 0 Å². The molecule has 1 saturated heterocycles. The van der Waals surface area contributed by atoms with Gasteiger partial charge in [-0.3, -0.25) is 9.59 Å². The van der Waals surface area contributed by atoms with Gasteiger partial charge in [0.2, 0.25) is 17.8 Å². The number of nitrogens with one attached hydrogen (secondary N) is 2. The van der Waals surface area contributed by atoms with Gasteiger partial charge in [0, 0.05) is 74.2 Å². The topological polar surface area (TPSA) is 116 Å². The summed E-state index contributed by atoms with van der Waals surface area (Å²) in [5, 5.41) is 5.96. The highest BCUT2D eigenvalue weighted by Crippen LogP contribution is 2.22. The van der Waals surface area contributed by atoms with Crippen molar-refractivity contribution in [2.45, 2.75) is 6.92 Å². The van der Waals surface area contributed by atoms with E-state index >= 15 is 0 Å². The number of carbonyl (C=O) groups excluding carboxylic acids is 2. The molecular formula is C27H26N8O2. The first-order valence-electron chi connectivity index (χ1n) is 11.9. The predicted molar refractivity (Wildman–Crippen MR) is 142 cm³/mol. The van der Waals surface area contributed by atoms with Crippen molar-refractivity contribution in [3.05, 3.63) is 84.8 Å². The fourth-order valence-electron chi connectivity index (χ4n) is 4.11. The second kappa shape index (κ2) is 10.8. The standard InChI is InChI=1S/C27H26N8O2/c1-19(36)31-22-8-6-20(7-9-22)24-10-13-28-26(33-24)32-23-5-2-4-21(18-23)25(37)34-14-16-35(17-15-34)27-29-11-3-12-30-27/h2-13,18H,14-17H2,1H3,(H,31,36)(H,28,32,33). The minimum Gasteiger partial charge on any atom is -0.337 e. The molecule has 2 aromatic carbocycles. The Morgan fingerprint density at radius 1 is 0.811 bits per heavy atom. The number of aromatic nitrogens is 4. The Balaban J connectivity index is 1.24. The zero-order valence-electron chi connectivity index (χ0n) is 20.3. The zero-order valence-corrected chi connectivity index (χ0v) is 20.3. The van der Waals surface area contributed by atoms with E-state index in [0.29, 0.717) is 43.6 Å². The summed E-state index contributed by atoms with van der Waals surface area (Å²) in [6.45, 7) is 4.03. The van der Waals surface area contributed by atoms with Crippen molar-refractivity contribution in [2.24, 2.45) is 0 Å². The predicted octanol–water partition coefficient (Wildman–Crippen LogP) is 3.60. The number of amides is 2. The van der Waals surface area contributed by atoms with Crippen LogP contribution in [-0.2, 0) is 4.79 Å². The summed E-state index contributed by atoms with van der Waals surface area (Å²) in [6, 6.07) is 18.4. The van der Waals surface area contributed by atoms with E-state index in [-0.39, 0.29) is 11.8 Å². The first kappa shape index (κ1) is 23.9. The second-order valence-corrected chi connectivity index (χ2v) is 8.56. The van der Waals surface area contributed by atoms with Crippen LogP contribution in [0.25, 0.3) is 11.3 Å². The number of rotatable bonds is 6. The molecule has 0 saturated carbocycles. The van der Waals surface area contributed by atoms with Gasteiger partial charge in [0.15, 0.2) is 0 Å². The Morgan fingerprint density at radius 2 is 1.57 bits per heavy atom. The fraction of sp³-hybridized carbons (Fsp3) is 0.185. The third-order valence-corrected chi connectivity index (χ3v) is 5.92. The summed E-state index contributed by atoms with van der Waals surface area (Å²) in [5.41, 5.74) is 3.67. The molecule has 1 aliphatic heterocycles. The Labute approximate surface area is 214 Å². The summed E-state index contributed by atoms with van der Waals surface area (Å²) >= 11 is 0. The molecule has 0 aliphatic carbocycles. The lowest BCUT2D eigenvalue weighted by molar-refractivity contribution is -0.114. The van der Waals surface area contributed by atoms with E-state index in [1.165, 1.54) is 6.92 Å². The monoisotopic (exact) mass is 494 g/mol. The zero-order chi connectivity index (χ0) is 25.6. The van der Waals surface area contributed by atoms with Crippen molar-refractivity contribution in [3.8, 4) is 11.3 Å². The summed E-state index contributed by atoms with van der Waals surface area (Å²) in [4.78, 5) is 45.9. The number of nitrogens with zero attached hydrogens (tertiary/aromatic N) is 6. The lowest BCUT2D eigenvalue weighted by atomic mass is 10.1. The Bertz CT molecular complexity index is 1390. The van der Waals surface area contributed by atoms with Crippen LogP contribution in [0.5, 0.6) is 0 Å². The number of anilines is 4. The van der Waals surface area contributed by atoms with Crippen molar-refractivity contribution >= 4 is 35.1 Å². The summed E-state index contributed by atoms with van der Waals surface area (Å²) in [6.07, 6.45) is 5.13. The molecule has 0 bridgehead atoms. The van der Waals surface area contributed by atoms with Crippen molar-refractivity contribution in [1.82, 2.24) is 24.8 Å². The summed E-state index contributed by atoms with van der Waals surface area (Å²) < 4.78 is 0. The molecule has 0 spiro atoms. The number of piperazine rings is 1. The van der Waals surface area contributed by atoms with E-state index in [2.05, 4.69) is 35.5 Å². The Hall–Kier alpha value is -4.86. The molecule has 1 aliphatic rings. The van der Waals surface area contributed by atoms with Crippen LogP contribution in [0.1, 0.15) is 17.3 Å². The highest BCUT2D eigenvalue weighted by molar-refractivity contribution is 5.95. The number of benzene rings is 2. The van der Waals surface area contributed by atoms with Crippen molar-refractivity contribution in [3.63, 3.8) is 0 Å². The maximum absolute atomic E-state index is 13.2. The van der Waals surface area contributed by atoms with Gasteiger partial charge in [0.05, 0.1) is 5.69 Å². The highest BCUT2D eigenvalue weighted by atomic mass is 16.2. The summed E-state index contributed by atoms with van der Waals surface area (Å²) in [7, 11) is 0. The third-order valence-electron chi connectivity index (χ3n) is 5.92. The third kappa shape index (κ3) is 5.87. The molecule has 2 N–H and O–H groups in total. The molecule has 4 aromatic rings. The van der Waals surface area contributed by atoms with Crippen molar-refractivity contribution < 1.29 is 9.59 Å². The first-order valence-corrected chi connectivity index (χ1v) is 11.9. The van der Waals surface area contributed by atoms with Gasteiger partial charge in [-0.2, -0.15) is 0 Å². The van der Waals surface area contributed by atoms with E-state index in [1.807, 2.05) is 59.5 Å². The van der Waals surface area contributed by atoms with E-state index in [9.17, 15) is 9.59 Å². The average molecular weight is 495 g/mol. The van der Waals surface area contributed by atoms with Crippen LogP contribution in [-0.4, -0.2) is 62.8 Å². The normalized spacial score (nSPS) is 13.2. The van der Waals surface area contributed by atoms with Gasteiger partial charge in [-0.15, -0.1) is 0 Å². The molecule has 2 aromatic heterocycles. The van der Waals surface area contributed by atoms with Crippen molar-refractivity contribution in [2.75, 3.05) is 41.7 Å². The van der Waals surface area contributed by atoms with E-state index in [0.717, 1.165) is 22.6 Å². The van der Waals surface area contributed by atoms with Gasteiger partial charge >= 0.3 is 0 Å². The highest BCUT2D eigenvalue weighted by Gasteiger charge is 2.23. The van der Waals surface area contributed by atoms with Crippen LogP contribution in [0, 0.1) is 0 Å².